The molecule has 0 saturated carbocycles. The Morgan fingerprint density at radius 2 is 0.815 bits per heavy atom. The number of hydrogen-bond acceptors (Lipinski definition) is 2. The summed E-state index contributed by atoms with van der Waals surface area (Å²) in [6.45, 7) is 0. The molecule has 0 radical (unpaired) electrons. The van der Waals surface area contributed by atoms with Gasteiger partial charge >= 0.3 is 7.12 Å². The van der Waals surface area contributed by atoms with Crippen molar-refractivity contribution < 1.29 is 9.31 Å². The van der Waals surface area contributed by atoms with Crippen molar-refractivity contribution in [2.75, 3.05) is 0 Å². The van der Waals surface area contributed by atoms with Crippen LogP contribution in [0.5, 0.6) is 11.5 Å². The monoisotopic (exact) mass is 350 g/mol. The van der Waals surface area contributed by atoms with E-state index in [9.17, 15) is 0 Å². The molecule has 4 aromatic carbocycles. The van der Waals surface area contributed by atoms with Crippen molar-refractivity contribution >= 4 is 12.6 Å². The standard InChI is InChI=1S/C24H19BO2/c1-4-10-20(11-5-1)21-16-18-22(19-17-21)25(26-23-12-6-2-7-13-23)27-24-14-8-3-9-15-24/h1-19H. The molecule has 0 heterocycles. The summed E-state index contributed by atoms with van der Waals surface area (Å²) in [6.07, 6.45) is 0. The molecule has 0 spiro atoms. The molecule has 0 fully saturated rings. The second kappa shape index (κ2) is 8.28. The molecule has 0 aliphatic carbocycles. The predicted molar refractivity (Wildman–Crippen MR) is 111 cm³/mol. The average molecular weight is 350 g/mol. The SMILES string of the molecule is c1ccc(OB(Oc2ccccc2)c2ccc(-c3ccccc3)cc2)cc1. The van der Waals surface area contributed by atoms with E-state index in [1.165, 1.54) is 5.56 Å². The van der Waals surface area contributed by atoms with Gasteiger partial charge < -0.3 is 9.31 Å². The lowest BCUT2D eigenvalue weighted by Gasteiger charge is -2.17. The van der Waals surface area contributed by atoms with Gasteiger partial charge in [-0.15, -0.1) is 0 Å². The Hall–Kier alpha value is -3.46. The minimum atomic E-state index is -0.528. The second-order valence-corrected chi connectivity index (χ2v) is 6.18. The van der Waals surface area contributed by atoms with E-state index in [4.69, 9.17) is 9.31 Å². The van der Waals surface area contributed by atoms with Crippen molar-refractivity contribution in [1.29, 1.82) is 0 Å². The maximum atomic E-state index is 6.13. The van der Waals surface area contributed by atoms with Crippen LogP contribution in [0, 0.1) is 0 Å². The van der Waals surface area contributed by atoms with Crippen molar-refractivity contribution in [3.8, 4) is 22.6 Å². The Bertz CT molecular complexity index is 914. The van der Waals surface area contributed by atoms with Gasteiger partial charge in [-0.3, -0.25) is 0 Å². The average Bonchev–Trinajstić information content (AvgIpc) is 2.76. The van der Waals surface area contributed by atoms with Gasteiger partial charge in [0.1, 0.15) is 11.5 Å². The summed E-state index contributed by atoms with van der Waals surface area (Å²) in [5.74, 6) is 1.54. The summed E-state index contributed by atoms with van der Waals surface area (Å²) in [6, 6.07) is 38.1. The molecule has 0 bridgehead atoms. The molecular formula is C24H19BO2. The minimum Gasteiger partial charge on any atom is -0.522 e. The number of para-hydroxylation sites is 2. The fraction of sp³-hybridized carbons (Fsp3) is 0. The van der Waals surface area contributed by atoms with Gasteiger partial charge in [0, 0.05) is 5.46 Å². The highest BCUT2D eigenvalue weighted by atomic mass is 16.6. The van der Waals surface area contributed by atoms with Gasteiger partial charge in [0.05, 0.1) is 0 Å². The van der Waals surface area contributed by atoms with Crippen LogP contribution in [0.4, 0.5) is 0 Å². The quantitative estimate of drug-likeness (QED) is 0.445. The number of benzene rings is 4. The molecule has 2 nitrogen and oxygen atoms in total. The summed E-state index contributed by atoms with van der Waals surface area (Å²) in [4.78, 5) is 0. The largest absolute Gasteiger partial charge is 0.632 e. The molecule has 0 aliphatic heterocycles. The van der Waals surface area contributed by atoms with E-state index in [1.54, 1.807) is 0 Å². The zero-order valence-electron chi connectivity index (χ0n) is 14.9. The second-order valence-electron chi connectivity index (χ2n) is 6.18. The van der Waals surface area contributed by atoms with Crippen molar-refractivity contribution in [2.45, 2.75) is 0 Å². The molecule has 3 heteroatoms. The minimum absolute atomic E-state index is 0.528. The Balaban J connectivity index is 1.61. The molecule has 130 valence electrons. The van der Waals surface area contributed by atoms with E-state index in [-0.39, 0.29) is 0 Å². The van der Waals surface area contributed by atoms with Crippen LogP contribution < -0.4 is 14.8 Å². The highest BCUT2D eigenvalue weighted by Crippen LogP contribution is 2.19. The zero-order chi connectivity index (χ0) is 18.3. The van der Waals surface area contributed by atoms with Crippen LogP contribution in [-0.4, -0.2) is 7.12 Å². The third-order valence-corrected chi connectivity index (χ3v) is 4.26. The highest BCUT2D eigenvalue weighted by Gasteiger charge is 2.26. The summed E-state index contributed by atoms with van der Waals surface area (Å²) in [5, 5.41) is 0. The predicted octanol–water partition coefficient (Wildman–Crippen LogP) is 5.21. The lowest BCUT2D eigenvalue weighted by molar-refractivity contribution is 0.439. The van der Waals surface area contributed by atoms with E-state index in [0.29, 0.717) is 0 Å². The van der Waals surface area contributed by atoms with Crippen LogP contribution in [0.3, 0.4) is 0 Å². The third-order valence-electron chi connectivity index (χ3n) is 4.26. The first-order chi connectivity index (χ1) is 13.4. The molecule has 0 saturated heterocycles. The first-order valence-corrected chi connectivity index (χ1v) is 8.97. The lowest BCUT2D eigenvalue weighted by Crippen LogP contribution is -2.42. The Morgan fingerprint density at radius 3 is 1.30 bits per heavy atom. The van der Waals surface area contributed by atoms with Crippen LogP contribution in [-0.2, 0) is 0 Å². The Kier molecular flexibility index (Phi) is 5.21. The van der Waals surface area contributed by atoms with E-state index >= 15 is 0 Å². The molecule has 4 aromatic rings. The van der Waals surface area contributed by atoms with Gasteiger partial charge in [0.2, 0.25) is 0 Å². The molecule has 0 amide bonds. The van der Waals surface area contributed by atoms with Gasteiger partial charge in [-0.05, 0) is 35.4 Å². The molecule has 0 atom stereocenters. The first-order valence-electron chi connectivity index (χ1n) is 8.97. The fourth-order valence-electron chi connectivity index (χ4n) is 2.87. The van der Waals surface area contributed by atoms with Crippen molar-refractivity contribution in [2.24, 2.45) is 0 Å². The van der Waals surface area contributed by atoms with E-state index in [0.717, 1.165) is 22.5 Å². The van der Waals surface area contributed by atoms with Crippen LogP contribution in [0.2, 0.25) is 0 Å². The maximum absolute atomic E-state index is 6.13. The Morgan fingerprint density at radius 1 is 0.407 bits per heavy atom. The molecular weight excluding hydrogens is 331 g/mol. The topological polar surface area (TPSA) is 18.5 Å². The van der Waals surface area contributed by atoms with E-state index in [1.807, 2.05) is 78.9 Å². The van der Waals surface area contributed by atoms with Gasteiger partial charge in [-0.2, -0.15) is 0 Å². The van der Waals surface area contributed by atoms with E-state index in [2.05, 4.69) is 36.4 Å². The summed E-state index contributed by atoms with van der Waals surface area (Å²) in [5.41, 5.74) is 3.31. The zero-order valence-corrected chi connectivity index (χ0v) is 14.9. The fourth-order valence-corrected chi connectivity index (χ4v) is 2.87. The van der Waals surface area contributed by atoms with Crippen LogP contribution in [0.25, 0.3) is 11.1 Å². The molecule has 0 N–H and O–H groups in total. The van der Waals surface area contributed by atoms with Crippen LogP contribution in [0.1, 0.15) is 0 Å². The van der Waals surface area contributed by atoms with Crippen LogP contribution in [0.15, 0.2) is 115 Å². The molecule has 0 aromatic heterocycles. The highest BCUT2D eigenvalue weighted by molar-refractivity contribution is 6.62. The van der Waals surface area contributed by atoms with E-state index < -0.39 is 7.12 Å². The summed E-state index contributed by atoms with van der Waals surface area (Å²) >= 11 is 0. The summed E-state index contributed by atoms with van der Waals surface area (Å²) in [7, 11) is -0.528. The number of hydrogen-bond donors (Lipinski definition) is 0. The molecule has 0 unspecified atom stereocenters. The van der Waals surface area contributed by atoms with Crippen LogP contribution >= 0.6 is 0 Å². The Labute approximate surface area is 160 Å². The van der Waals surface area contributed by atoms with Gasteiger partial charge in [-0.1, -0.05) is 91.0 Å². The molecule has 27 heavy (non-hydrogen) atoms. The summed E-state index contributed by atoms with van der Waals surface area (Å²) < 4.78 is 12.3. The van der Waals surface area contributed by atoms with Gasteiger partial charge in [0.25, 0.3) is 0 Å². The lowest BCUT2D eigenvalue weighted by atomic mass is 9.78. The molecule has 0 aliphatic rings. The smallest absolute Gasteiger partial charge is 0.522 e. The first kappa shape index (κ1) is 17.0. The van der Waals surface area contributed by atoms with Crippen molar-refractivity contribution in [3.05, 3.63) is 115 Å². The molecule has 4 rings (SSSR count). The third kappa shape index (κ3) is 4.39. The maximum Gasteiger partial charge on any atom is 0.632 e. The van der Waals surface area contributed by atoms with Gasteiger partial charge in [0.15, 0.2) is 0 Å². The number of rotatable bonds is 6. The normalized spacial score (nSPS) is 10.2. The van der Waals surface area contributed by atoms with Crippen molar-refractivity contribution in [3.63, 3.8) is 0 Å². The van der Waals surface area contributed by atoms with Crippen molar-refractivity contribution in [1.82, 2.24) is 0 Å². The van der Waals surface area contributed by atoms with Gasteiger partial charge in [-0.25, -0.2) is 0 Å².